The molecule has 0 amide bonds. The first kappa shape index (κ1) is 26.0. The Labute approximate surface area is 212 Å². The first-order chi connectivity index (χ1) is 16.1. The van der Waals surface area contributed by atoms with Crippen LogP contribution < -0.4 is 10.1 Å². The third kappa shape index (κ3) is 5.90. The van der Waals surface area contributed by atoms with Crippen LogP contribution in [0.2, 0.25) is 5.02 Å². The molecular formula is C27H32Cl2N4O. The molecule has 0 saturated carbocycles. The van der Waals surface area contributed by atoms with Crippen molar-refractivity contribution in [3.05, 3.63) is 71.5 Å². The first-order valence-corrected chi connectivity index (χ1v) is 12.0. The molecule has 4 rings (SSSR count). The van der Waals surface area contributed by atoms with Gasteiger partial charge in [-0.25, -0.2) is 4.98 Å². The number of rotatable bonds is 10. The largest absolute Gasteiger partial charge is 0.497 e. The van der Waals surface area contributed by atoms with E-state index in [-0.39, 0.29) is 18.4 Å². The van der Waals surface area contributed by atoms with E-state index in [2.05, 4.69) is 47.2 Å². The molecule has 0 saturated heterocycles. The Bertz CT molecular complexity index is 1220. The Hall–Kier alpha value is -2.60. The number of benzene rings is 2. The number of methoxy groups -OCH3 is 1. The predicted octanol–water partition coefficient (Wildman–Crippen LogP) is 7.14. The average Bonchev–Trinajstić information content (AvgIpc) is 2.85. The minimum atomic E-state index is 0. The van der Waals surface area contributed by atoms with Crippen LogP contribution in [0.25, 0.3) is 21.8 Å². The fraction of sp³-hybridized carbons (Fsp3) is 0.333. The van der Waals surface area contributed by atoms with Crippen molar-refractivity contribution >= 4 is 51.5 Å². The van der Waals surface area contributed by atoms with E-state index in [4.69, 9.17) is 21.3 Å². The smallest absolute Gasteiger partial charge is 0.119 e. The summed E-state index contributed by atoms with van der Waals surface area (Å²) < 4.78 is 5.52. The molecule has 0 aliphatic heterocycles. The molecule has 7 heteroatoms. The van der Waals surface area contributed by atoms with Crippen molar-refractivity contribution in [3.8, 4) is 5.75 Å². The van der Waals surface area contributed by atoms with Crippen LogP contribution in [0.15, 0.2) is 60.9 Å². The van der Waals surface area contributed by atoms with Crippen molar-refractivity contribution < 1.29 is 4.74 Å². The number of aromatic nitrogens is 2. The van der Waals surface area contributed by atoms with Crippen LogP contribution in [0.4, 0.5) is 5.69 Å². The number of nitrogens with one attached hydrogen (secondary N) is 1. The number of halogens is 2. The van der Waals surface area contributed by atoms with E-state index in [1.165, 1.54) is 5.56 Å². The molecule has 1 N–H and O–H groups in total. The number of fused-ring (bicyclic) bond motifs is 2. The molecular weight excluding hydrogens is 467 g/mol. The highest BCUT2D eigenvalue weighted by Gasteiger charge is 2.17. The van der Waals surface area contributed by atoms with Crippen LogP contribution in [-0.2, 0) is 0 Å². The lowest BCUT2D eigenvalue weighted by Crippen LogP contribution is -2.25. The fourth-order valence-electron chi connectivity index (χ4n) is 4.33. The first-order valence-electron chi connectivity index (χ1n) is 11.6. The topological polar surface area (TPSA) is 50.3 Å². The Morgan fingerprint density at radius 3 is 2.44 bits per heavy atom. The Morgan fingerprint density at radius 1 is 0.971 bits per heavy atom. The minimum absolute atomic E-state index is 0. The third-order valence-corrected chi connectivity index (χ3v) is 6.47. The Kier molecular flexibility index (Phi) is 9.34. The van der Waals surface area contributed by atoms with E-state index < -0.39 is 0 Å². The molecule has 2 aromatic carbocycles. The Morgan fingerprint density at radius 2 is 1.74 bits per heavy atom. The van der Waals surface area contributed by atoms with Gasteiger partial charge in [0.05, 0.1) is 29.9 Å². The van der Waals surface area contributed by atoms with Crippen molar-refractivity contribution in [2.75, 3.05) is 32.1 Å². The maximum Gasteiger partial charge on any atom is 0.119 e. The highest BCUT2D eigenvalue weighted by Crippen LogP contribution is 2.37. The van der Waals surface area contributed by atoms with Gasteiger partial charge in [0.1, 0.15) is 5.75 Å². The van der Waals surface area contributed by atoms with Crippen LogP contribution in [0.1, 0.15) is 38.3 Å². The number of hydrogen-bond donors (Lipinski definition) is 1. The molecule has 0 radical (unpaired) electrons. The van der Waals surface area contributed by atoms with Crippen molar-refractivity contribution in [1.29, 1.82) is 0 Å². The summed E-state index contributed by atoms with van der Waals surface area (Å²) in [6.45, 7) is 7.66. The van der Waals surface area contributed by atoms with E-state index >= 15 is 0 Å². The molecule has 180 valence electrons. The SMILES string of the molecule is CCN(CC)CCCC(Nc1c2ccc(Cl)cc2nc2ccc(OC)cc12)c1ccncc1.Cl. The van der Waals surface area contributed by atoms with Gasteiger partial charge in [0.25, 0.3) is 0 Å². The molecule has 0 aliphatic carbocycles. The second kappa shape index (κ2) is 12.2. The maximum absolute atomic E-state index is 6.31. The molecule has 2 heterocycles. The van der Waals surface area contributed by atoms with E-state index in [1.54, 1.807) is 7.11 Å². The molecule has 0 aliphatic rings. The molecule has 34 heavy (non-hydrogen) atoms. The lowest BCUT2D eigenvalue weighted by Gasteiger charge is -2.24. The summed E-state index contributed by atoms with van der Waals surface area (Å²) in [7, 11) is 1.69. The highest BCUT2D eigenvalue weighted by molar-refractivity contribution is 6.31. The van der Waals surface area contributed by atoms with E-state index in [0.29, 0.717) is 5.02 Å². The summed E-state index contributed by atoms with van der Waals surface area (Å²) in [4.78, 5) is 11.6. The maximum atomic E-state index is 6.31. The number of anilines is 1. The zero-order chi connectivity index (χ0) is 23.2. The summed E-state index contributed by atoms with van der Waals surface area (Å²) in [6.07, 6.45) is 5.82. The van der Waals surface area contributed by atoms with Crippen LogP contribution in [0.3, 0.4) is 0 Å². The number of pyridine rings is 2. The monoisotopic (exact) mass is 498 g/mol. The van der Waals surface area contributed by atoms with E-state index in [1.807, 2.05) is 42.7 Å². The molecule has 1 unspecified atom stereocenters. The van der Waals surface area contributed by atoms with Crippen molar-refractivity contribution in [2.45, 2.75) is 32.7 Å². The van der Waals surface area contributed by atoms with Gasteiger partial charge in [-0.1, -0.05) is 25.4 Å². The lowest BCUT2D eigenvalue weighted by molar-refractivity contribution is 0.294. The van der Waals surface area contributed by atoms with Crippen LogP contribution in [0, 0.1) is 0 Å². The molecule has 2 aromatic heterocycles. The van der Waals surface area contributed by atoms with Crippen molar-refractivity contribution in [3.63, 3.8) is 0 Å². The zero-order valence-corrected chi connectivity index (χ0v) is 21.5. The van der Waals surface area contributed by atoms with Crippen molar-refractivity contribution in [1.82, 2.24) is 14.9 Å². The van der Waals surface area contributed by atoms with Crippen molar-refractivity contribution in [2.24, 2.45) is 0 Å². The van der Waals surface area contributed by atoms with Crippen LogP contribution in [0.5, 0.6) is 5.75 Å². The summed E-state index contributed by atoms with van der Waals surface area (Å²) >= 11 is 6.31. The number of hydrogen-bond acceptors (Lipinski definition) is 5. The quantitative estimate of drug-likeness (QED) is 0.235. The third-order valence-electron chi connectivity index (χ3n) is 6.23. The molecule has 5 nitrogen and oxygen atoms in total. The van der Waals surface area contributed by atoms with E-state index in [0.717, 1.165) is 65.7 Å². The summed E-state index contributed by atoms with van der Waals surface area (Å²) in [6, 6.07) is 16.2. The predicted molar refractivity (Wildman–Crippen MR) is 146 cm³/mol. The molecule has 0 fully saturated rings. The molecule has 0 spiro atoms. The van der Waals surface area contributed by atoms with E-state index in [9.17, 15) is 0 Å². The Balaban J connectivity index is 0.00000324. The molecule has 1 atom stereocenters. The van der Waals surface area contributed by atoms with Crippen LogP contribution >= 0.6 is 24.0 Å². The summed E-state index contributed by atoms with van der Waals surface area (Å²) in [5.41, 5.74) is 4.05. The van der Waals surface area contributed by atoms with Gasteiger partial charge in [-0.15, -0.1) is 12.4 Å². The fourth-order valence-corrected chi connectivity index (χ4v) is 4.50. The second-order valence-corrected chi connectivity index (χ2v) is 8.61. The van der Waals surface area contributed by atoms with Gasteiger partial charge in [-0.3, -0.25) is 4.98 Å². The van der Waals surface area contributed by atoms with Gasteiger partial charge < -0.3 is 15.0 Å². The average molecular weight is 499 g/mol. The zero-order valence-electron chi connectivity index (χ0n) is 19.9. The normalized spacial score (nSPS) is 12.0. The van der Waals surface area contributed by atoms with Gasteiger partial charge in [0, 0.05) is 28.2 Å². The van der Waals surface area contributed by atoms with Gasteiger partial charge >= 0.3 is 0 Å². The van der Waals surface area contributed by atoms with Gasteiger partial charge in [0.2, 0.25) is 0 Å². The number of ether oxygens (including phenoxy) is 1. The standard InChI is InChI=1S/C27H31ClN4O.ClH/c1-4-32(5-2)16-6-7-24(19-12-14-29-15-13-19)31-27-22-10-8-20(28)17-26(22)30-25-11-9-21(33-3)18-23(25)27;/h8-15,17-18,24H,4-7,16H2,1-3H3,(H,30,31);1H. The highest BCUT2D eigenvalue weighted by atomic mass is 35.5. The van der Waals surface area contributed by atoms with Crippen LogP contribution in [-0.4, -0.2) is 41.6 Å². The summed E-state index contributed by atoms with van der Waals surface area (Å²) in [5, 5.41) is 6.63. The second-order valence-electron chi connectivity index (χ2n) is 8.18. The minimum Gasteiger partial charge on any atom is -0.497 e. The molecule has 0 bridgehead atoms. The van der Waals surface area contributed by atoms with Gasteiger partial charge in [-0.05, 0) is 86.6 Å². The van der Waals surface area contributed by atoms with Gasteiger partial charge in [-0.2, -0.15) is 0 Å². The lowest BCUT2D eigenvalue weighted by atomic mass is 10.0. The summed E-state index contributed by atoms with van der Waals surface area (Å²) in [5.74, 6) is 0.808. The van der Waals surface area contributed by atoms with Gasteiger partial charge in [0.15, 0.2) is 0 Å². The molecule has 4 aromatic rings. The number of nitrogens with zero attached hydrogens (tertiary/aromatic N) is 3.